The van der Waals surface area contributed by atoms with Crippen molar-refractivity contribution < 1.29 is 9.59 Å². The van der Waals surface area contributed by atoms with Crippen molar-refractivity contribution >= 4 is 45.3 Å². The van der Waals surface area contributed by atoms with Gasteiger partial charge in [-0.2, -0.15) is 0 Å². The Labute approximate surface area is 149 Å². The van der Waals surface area contributed by atoms with E-state index in [1.165, 1.54) is 11.8 Å². The third kappa shape index (κ3) is 3.99. The summed E-state index contributed by atoms with van der Waals surface area (Å²) < 4.78 is 2.06. The minimum atomic E-state index is -0.0477. The van der Waals surface area contributed by atoms with Gasteiger partial charge in [-0.1, -0.05) is 23.9 Å². The number of thioether (sulfide) groups is 1. The van der Waals surface area contributed by atoms with Crippen LogP contribution in [0.4, 0.5) is 4.79 Å². The van der Waals surface area contributed by atoms with Crippen molar-refractivity contribution in [2.75, 3.05) is 38.5 Å². The molecule has 1 N–H and O–H groups in total. The number of thiazole rings is 1. The molecule has 0 saturated carbocycles. The zero-order chi connectivity index (χ0) is 16.9. The molecule has 8 heteroatoms. The van der Waals surface area contributed by atoms with Crippen LogP contribution in [0.1, 0.15) is 6.92 Å². The zero-order valence-corrected chi connectivity index (χ0v) is 15.2. The number of carbonyl (C=O) groups excluding carboxylic acids is 2. The number of hydrogen-bond acceptors (Lipinski definition) is 5. The first-order chi connectivity index (χ1) is 11.7. The lowest BCUT2D eigenvalue weighted by Gasteiger charge is -2.34. The fourth-order valence-electron chi connectivity index (χ4n) is 2.55. The number of benzene rings is 1. The lowest BCUT2D eigenvalue weighted by Crippen LogP contribution is -2.53. The summed E-state index contributed by atoms with van der Waals surface area (Å²) in [4.78, 5) is 32.2. The summed E-state index contributed by atoms with van der Waals surface area (Å²) >= 11 is 3.10. The largest absolute Gasteiger partial charge is 0.338 e. The van der Waals surface area contributed by atoms with E-state index in [-0.39, 0.29) is 11.9 Å². The van der Waals surface area contributed by atoms with Gasteiger partial charge >= 0.3 is 6.03 Å². The Hall–Kier alpha value is -1.80. The third-order valence-corrected chi connectivity index (χ3v) is 6.01. The van der Waals surface area contributed by atoms with Crippen molar-refractivity contribution in [1.29, 1.82) is 0 Å². The van der Waals surface area contributed by atoms with Gasteiger partial charge in [-0.15, -0.1) is 11.3 Å². The molecule has 1 aromatic carbocycles. The number of nitrogens with one attached hydrogen (secondary N) is 1. The monoisotopic (exact) mass is 364 g/mol. The van der Waals surface area contributed by atoms with Crippen molar-refractivity contribution in [2.24, 2.45) is 0 Å². The molecule has 3 amide bonds. The highest BCUT2D eigenvalue weighted by Gasteiger charge is 2.23. The summed E-state index contributed by atoms with van der Waals surface area (Å²) in [6, 6.07) is 7.94. The SMILES string of the molecule is CCNC(=O)N1CCN(C(=O)CSc2nc3ccccc3s2)CC1. The van der Waals surface area contributed by atoms with Crippen LogP contribution in [0.2, 0.25) is 0 Å². The molecule has 2 aromatic rings. The average Bonchev–Trinajstić information content (AvgIpc) is 3.03. The van der Waals surface area contributed by atoms with E-state index in [4.69, 9.17) is 0 Å². The number of hydrogen-bond donors (Lipinski definition) is 1. The molecule has 0 radical (unpaired) electrons. The molecule has 0 aliphatic carbocycles. The number of rotatable bonds is 4. The Bertz CT molecular complexity index is 693. The lowest BCUT2D eigenvalue weighted by molar-refractivity contribution is -0.129. The second-order valence-electron chi connectivity index (χ2n) is 5.44. The highest BCUT2D eigenvalue weighted by Crippen LogP contribution is 2.29. The minimum absolute atomic E-state index is 0.0477. The Balaban J connectivity index is 1.48. The topological polar surface area (TPSA) is 65.5 Å². The molecule has 1 aliphatic rings. The molecule has 1 aromatic heterocycles. The van der Waals surface area contributed by atoms with Crippen LogP contribution in [-0.4, -0.2) is 65.2 Å². The molecular weight excluding hydrogens is 344 g/mol. The molecule has 0 bridgehead atoms. The number of nitrogens with zero attached hydrogens (tertiary/aromatic N) is 3. The highest BCUT2D eigenvalue weighted by molar-refractivity contribution is 8.01. The molecule has 2 heterocycles. The summed E-state index contributed by atoms with van der Waals surface area (Å²) in [7, 11) is 0. The Kier molecular flexibility index (Phi) is 5.57. The maximum atomic E-state index is 12.4. The van der Waals surface area contributed by atoms with Crippen LogP contribution in [0.25, 0.3) is 10.2 Å². The van der Waals surface area contributed by atoms with Crippen molar-refractivity contribution in [1.82, 2.24) is 20.1 Å². The number of amides is 3. The first-order valence-corrected chi connectivity index (χ1v) is 9.76. The quantitative estimate of drug-likeness (QED) is 0.845. The average molecular weight is 364 g/mol. The van der Waals surface area contributed by atoms with Crippen LogP contribution < -0.4 is 5.32 Å². The van der Waals surface area contributed by atoms with Gasteiger partial charge in [0, 0.05) is 32.7 Å². The molecule has 1 saturated heterocycles. The van der Waals surface area contributed by atoms with E-state index in [0.29, 0.717) is 38.5 Å². The molecule has 3 rings (SSSR count). The fourth-order valence-corrected chi connectivity index (χ4v) is 4.52. The predicted octanol–water partition coefficient (Wildman–Crippen LogP) is 2.26. The maximum Gasteiger partial charge on any atom is 0.317 e. The van der Waals surface area contributed by atoms with E-state index in [9.17, 15) is 9.59 Å². The molecular formula is C16H20N4O2S2. The van der Waals surface area contributed by atoms with Gasteiger partial charge in [0.15, 0.2) is 4.34 Å². The number of fused-ring (bicyclic) bond motifs is 1. The summed E-state index contributed by atoms with van der Waals surface area (Å²) in [5, 5.41) is 2.79. The molecule has 1 fully saturated rings. The second kappa shape index (κ2) is 7.85. The lowest BCUT2D eigenvalue weighted by atomic mass is 10.3. The number of piperazine rings is 1. The summed E-state index contributed by atoms with van der Waals surface area (Å²) in [5.41, 5.74) is 0.980. The molecule has 128 valence electrons. The van der Waals surface area contributed by atoms with Crippen LogP contribution in [0.3, 0.4) is 0 Å². The molecule has 24 heavy (non-hydrogen) atoms. The number of urea groups is 1. The van der Waals surface area contributed by atoms with Gasteiger partial charge in [0.1, 0.15) is 0 Å². The summed E-state index contributed by atoms with van der Waals surface area (Å²) in [6.07, 6.45) is 0. The van der Waals surface area contributed by atoms with E-state index in [1.54, 1.807) is 16.2 Å². The van der Waals surface area contributed by atoms with E-state index in [0.717, 1.165) is 14.6 Å². The Morgan fingerprint density at radius 1 is 1.21 bits per heavy atom. The fraction of sp³-hybridized carbons (Fsp3) is 0.438. The summed E-state index contributed by atoms with van der Waals surface area (Å²) in [5.74, 6) is 0.496. The Morgan fingerprint density at radius 2 is 1.92 bits per heavy atom. The normalized spacial score (nSPS) is 14.9. The summed E-state index contributed by atoms with van der Waals surface area (Å²) in [6.45, 7) is 4.88. The van der Waals surface area contributed by atoms with E-state index in [2.05, 4.69) is 10.3 Å². The highest BCUT2D eigenvalue weighted by atomic mass is 32.2. The predicted molar refractivity (Wildman–Crippen MR) is 97.6 cm³/mol. The van der Waals surface area contributed by atoms with E-state index < -0.39 is 0 Å². The first-order valence-electron chi connectivity index (χ1n) is 7.96. The van der Waals surface area contributed by atoms with Crippen molar-refractivity contribution in [3.63, 3.8) is 0 Å². The van der Waals surface area contributed by atoms with Crippen LogP contribution in [0, 0.1) is 0 Å². The molecule has 1 aliphatic heterocycles. The second-order valence-corrected chi connectivity index (χ2v) is 7.69. The van der Waals surface area contributed by atoms with Gasteiger partial charge in [0.25, 0.3) is 0 Å². The maximum absolute atomic E-state index is 12.4. The van der Waals surface area contributed by atoms with Crippen molar-refractivity contribution in [3.05, 3.63) is 24.3 Å². The van der Waals surface area contributed by atoms with Gasteiger partial charge in [-0.3, -0.25) is 4.79 Å². The van der Waals surface area contributed by atoms with Crippen LogP contribution in [0.5, 0.6) is 0 Å². The molecule has 0 unspecified atom stereocenters. The standard InChI is InChI=1S/C16H20N4O2S2/c1-2-17-15(22)20-9-7-19(8-10-20)14(21)11-23-16-18-12-5-3-4-6-13(12)24-16/h3-6H,2,7-11H2,1H3,(H,17,22). The van der Waals surface area contributed by atoms with Gasteiger partial charge in [-0.25, -0.2) is 9.78 Å². The number of para-hydroxylation sites is 1. The Morgan fingerprint density at radius 3 is 2.62 bits per heavy atom. The van der Waals surface area contributed by atoms with Crippen LogP contribution >= 0.6 is 23.1 Å². The first kappa shape index (κ1) is 17.0. The zero-order valence-electron chi connectivity index (χ0n) is 13.5. The van der Waals surface area contributed by atoms with Crippen LogP contribution in [-0.2, 0) is 4.79 Å². The smallest absolute Gasteiger partial charge is 0.317 e. The third-order valence-electron chi connectivity index (χ3n) is 3.84. The van der Waals surface area contributed by atoms with Gasteiger partial charge in [0.2, 0.25) is 5.91 Å². The van der Waals surface area contributed by atoms with Crippen LogP contribution in [0.15, 0.2) is 28.6 Å². The minimum Gasteiger partial charge on any atom is -0.338 e. The van der Waals surface area contributed by atoms with Gasteiger partial charge < -0.3 is 15.1 Å². The van der Waals surface area contributed by atoms with Crippen molar-refractivity contribution in [2.45, 2.75) is 11.3 Å². The number of aromatic nitrogens is 1. The van der Waals surface area contributed by atoms with E-state index >= 15 is 0 Å². The van der Waals surface area contributed by atoms with Gasteiger partial charge in [0.05, 0.1) is 16.0 Å². The van der Waals surface area contributed by atoms with Gasteiger partial charge in [-0.05, 0) is 19.1 Å². The number of carbonyl (C=O) groups is 2. The van der Waals surface area contributed by atoms with Crippen molar-refractivity contribution in [3.8, 4) is 0 Å². The van der Waals surface area contributed by atoms with E-state index in [1.807, 2.05) is 36.1 Å². The molecule has 0 atom stereocenters. The molecule has 6 nitrogen and oxygen atoms in total. The molecule has 0 spiro atoms.